The summed E-state index contributed by atoms with van der Waals surface area (Å²) in [6, 6.07) is 2.03. The third kappa shape index (κ3) is 11.3. The molecule has 1 aromatic rings. The number of pyridine rings is 1. The summed E-state index contributed by atoms with van der Waals surface area (Å²) in [5.74, 6) is 0.834. The fraction of sp³-hybridized carbons (Fsp3) is 0.762. The van der Waals surface area contributed by atoms with Crippen LogP contribution in [0.1, 0.15) is 26.3 Å². The largest absolute Gasteiger partial charge is 2.00 e. The van der Waals surface area contributed by atoms with Crippen LogP contribution in [0.4, 0.5) is 0 Å². The molecule has 1 aromatic heterocycles. The van der Waals surface area contributed by atoms with E-state index in [-0.39, 0.29) is 29.3 Å². The zero-order chi connectivity index (χ0) is 21.2. The van der Waals surface area contributed by atoms with Gasteiger partial charge in [0.15, 0.2) is 0 Å². The molecule has 0 fully saturated rings. The van der Waals surface area contributed by atoms with Crippen molar-refractivity contribution < 1.29 is 36.5 Å². The number of aliphatic hydroxyl groups is 2. The Morgan fingerprint density at radius 2 is 1.79 bits per heavy atom. The van der Waals surface area contributed by atoms with Crippen molar-refractivity contribution in [3.8, 4) is 5.75 Å². The second-order valence-corrected chi connectivity index (χ2v) is 8.27. The fourth-order valence-corrected chi connectivity index (χ4v) is 3.39. The van der Waals surface area contributed by atoms with Gasteiger partial charge in [-0.25, -0.2) is 0 Å². The normalized spacial score (nSPS) is 15.7. The van der Waals surface area contributed by atoms with E-state index in [9.17, 15) is 10.2 Å². The SMILES string of the molecule is CC[N+](C)(CCN(CCN(C)C[C@H](C)O)C[C@H](C)O)Cc1ccncc1OC.[Fe+2]. The van der Waals surface area contributed by atoms with E-state index in [2.05, 4.69) is 28.8 Å². The third-order valence-corrected chi connectivity index (χ3v) is 5.26. The molecule has 29 heavy (non-hydrogen) atoms. The summed E-state index contributed by atoms with van der Waals surface area (Å²) in [4.78, 5) is 8.60. The number of nitrogens with zero attached hydrogens (tertiary/aromatic N) is 4. The zero-order valence-corrected chi connectivity index (χ0v) is 20.1. The predicted molar refractivity (Wildman–Crippen MR) is 113 cm³/mol. The molecule has 0 spiro atoms. The smallest absolute Gasteiger partial charge is 0.495 e. The van der Waals surface area contributed by atoms with E-state index in [0.717, 1.165) is 49.5 Å². The molecule has 0 radical (unpaired) electrons. The van der Waals surface area contributed by atoms with E-state index in [1.165, 1.54) is 5.56 Å². The van der Waals surface area contributed by atoms with Crippen LogP contribution in [0.25, 0.3) is 0 Å². The first-order chi connectivity index (χ1) is 13.2. The van der Waals surface area contributed by atoms with Crippen LogP contribution >= 0.6 is 0 Å². The molecule has 0 bridgehead atoms. The fourth-order valence-electron chi connectivity index (χ4n) is 3.39. The van der Waals surface area contributed by atoms with Gasteiger partial charge in [0.05, 0.1) is 51.2 Å². The number of aliphatic hydroxyl groups excluding tert-OH is 2. The van der Waals surface area contributed by atoms with Crippen molar-refractivity contribution in [1.82, 2.24) is 14.8 Å². The van der Waals surface area contributed by atoms with Gasteiger partial charge in [0.25, 0.3) is 0 Å². The number of hydrogen-bond acceptors (Lipinski definition) is 6. The molecule has 0 saturated heterocycles. The molecule has 0 aliphatic carbocycles. The van der Waals surface area contributed by atoms with Gasteiger partial charge in [-0.2, -0.15) is 0 Å². The summed E-state index contributed by atoms with van der Waals surface area (Å²) in [5, 5.41) is 19.4. The topological polar surface area (TPSA) is 69.1 Å². The maximum absolute atomic E-state index is 9.90. The number of aromatic nitrogens is 1. The maximum Gasteiger partial charge on any atom is 2.00 e. The van der Waals surface area contributed by atoms with Crippen LogP contribution in [-0.4, -0.2) is 109 Å². The second kappa shape index (κ2) is 14.3. The Kier molecular flexibility index (Phi) is 13.9. The van der Waals surface area contributed by atoms with E-state index in [1.807, 2.05) is 33.2 Å². The number of rotatable bonds is 14. The molecular weight excluding hydrogens is 412 g/mol. The van der Waals surface area contributed by atoms with Gasteiger partial charge >= 0.3 is 17.1 Å². The number of methoxy groups -OCH3 is 1. The van der Waals surface area contributed by atoms with Crippen molar-refractivity contribution in [3.63, 3.8) is 0 Å². The van der Waals surface area contributed by atoms with E-state index in [4.69, 9.17) is 4.74 Å². The van der Waals surface area contributed by atoms with Crippen LogP contribution in [0.3, 0.4) is 0 Å². The zero-order valence-electron chi connectivity index (χ0n) is 19.0. The van der Waals surface area contributed by atoms with Gasteiger partial charge in [-0.3, -0.25) is 9.88 Å². The van der Waals surface area contributed by atoms with Crippen LogP contribution in [0.5, 0.6) is 5.75 Å². The molecule has 1 heterocycles. The van der Waals surface area contributed by atoms with Crippen molar-refractivity contribution in [1.29, 1.82) is 0 Å². The van der Waals surface area contributed by atoms with Crippen molar-refractivity contribution in [2.75, 3.05) is 67.0 Å². The molecule has 1 unspecified atom stereocenters. The Labute approximate surface area is 187 Å². The molecule has 3 atom stereocenters. The van der Waals surface area contributed by atoms with E-state index in [1.54, 1.807) is 13.3 Å². The van der Waals surface area contributed by atoms with Gasteiger partial charge in [0.1, 0.15) is 12.3 Å². The minimum absolute atomic E-state index is 0. The quantitative estimate of drug-likeness (QED) is 0.324. The van der Waals surface area contributed by atoms with Crippen LogP contribution in [-0.2, 0) is 23.6 Å². The Bertz CT molecular complexity index is 562. The monoisotopic (exact) mass is 453 g/mol. The first-order valence-corrected chi connectivity index (χ1v) is 10.3. The molecule has 168 valence electrons. The molecule has 0 aromatic carbocycles. The van der Waals surface area contributed by atoms with Gasteiger partial charge < -0.3 is 24.3 Å². The second-order valence-electron chi connectivity index (χ2n) is 8.27. The molecule has 1 rings (SSSR count). The minimum atomic E-state index is -0.359. The molecule has 2 N–H and O–H groups in total. The minimum Gasteiger partial charge on any atom is -0.495 e. The Balaban J connectivity index is 0.00000784. The van der Waals surface area contributed by atoms with Crippen LogP contribution < -0.4 is 4.74 Å². The third-order valence-electron chi connectivity index (χ3n) is 5.26. The summed E-state index contributed by atoms with van der Waals surface area (Å²) < 4.78 is 6.36. The average Bonchev–Trinajstić information content (AvgIpc) is 2.63. The number of likely N-dealkylation sites (N-methyl/N-ethyl adjacent to an activating group) is 2. The molecule has 8 heteroatoms. The van der Waals surface area contributed by atoms with Crippen molar-refractivity contribution in [2.24, 2.45) is 0 Å². The summed E-state index contributed by atoms with van der Waals surface area (Å²) in [6.45, 7) is 12.7. The van der Waals surface area contributed by atoms with Gasteiger partial charge in [-0.15, -0.1) is 0 Å². The van der Waals surface area contributed by atoms with Gasteiger partial charge in [0.2, 0.25) is 0 Å². The molecule has 0 saturated carbocycles. The predicted octanol–water partition coefficient (Wildman–Crippen LogP) is 1.05. The van der Waals surface area contributed by atoms with Crippen molar-refractivity contribution in [2.45, 2.75) is 39.5 Å². The summed E-state index contributed by atoms with van der Waals surface area (Å²) >= 11 is 0. The number of hydrogen-bond donors (Lipinski definition) is 2. The molecular formula is C21H41FeN4O3+3. The van der Waals surface area contributed by atoms with Crippen LogP contribution in [0.15, 0.2) is 18.5 Å². The van der Waals surface area contributed by atoms with Crippen LogP contribution in [0.2, 0.25) is 0 Å². The first kappa shape index (κ1) is 28.3. The Hall–Kier alpha value is -0.731. The Morgan fingerprint density at radius 1 is 1.14 bits per heavy atom. The van der Waals surface area contributed by atoms with Gasteiger partial charge in [-0.1, -0.05) is 0 Å². The number of ether oxygens (including phenoxy) is 1. The van der Waals surface area contributed by atoms with Gasteiger partial charge in [0, 0.05) is 38.9 Å². The summed E-state index contributed by atoms with van der Waals surface area (Å²) in [5.41, 5.74) is 1.17. The standard InChI is InChI=1S/C21H41N4O3.Fe/c1-7-25(5,17-20-8-9-22-14-21(20)28-6)13-12-24(16-19(3)27)11-10-23(4)15-18(2)26;/h8-9,14,18-19,26-27H,7,10-13,15-17H2,1-6H3;/q+1;+2/t18-,19-,25?;/m0./s1. The van der Waals surface area contributed by atoms with Crippen molar-refractivity contribution in [3.05, 3.63) is 24.0 Å². The number of quaternary nitrogens is 1. The van der Waals surface area contributed by atoms with Crippen molar-refractivity contribution >= 4 is 0 Å². The van der Waals surface area contributed by atoms with Gasteiger partial charge in [-0.05, 0) is 33.9 Å². The molecule has 0 aliphatic heterocycles. The van der Waals surface area contributed by atoms with E-state index < -0.39 is 0 Å². The molecule has 0 amide bonds. The van der Waals surface area contributed by atoms with E-state index in [0.29, 0.717) is 13.1 Å². The van der Waals surface area contributed by atoms with Crippen LogP contribution in [0, 0.1) is 0 Å². The Morgan fingerprint density at radius 3 is 2.34 bits per heavy atom. The summed E-state index contributed by atoms with van der Waals surface area (Å²) in [6.07, 6.45) is 2.90. The maximum atomic E-state index is 9.90. The first-order valence-electron chi connectivity index (χ1n) is 10.3. The molecule has 7 nitrogen and oxygen atoms in total. The van der Waals surface area contributed by atoms with E-state index >= 15 is 0 Å². The molecule has 0 aliphatic rings. The summed E-state index contributed by atoms with van der Waals surface area (Å²) in [7, 11) is 5.97. The average molecular weight is 453 g/mol.